The summed E-state index contributed by atoms with van der Waals surface area (Å²) in [5.74, 6) is 0.714. The van der Waals surface area contributed by atoms with Crippen LogP contribution < -0.4 is 10.6 Å². The van der Waals surface area contributed by atoms with Crippen LogP contribution in [0.3, 0.4) is 0 Å². The van der Waals surface area contributed by atoms with Gasteiger partial charge in [-0.05, 0) is 125 Å². The van der Waals surface area contributed by atoms with Gasteiger partial charge in [0.05, 0.1) is 6.20 Å². The number of hydrogen-bond donors (Lipinski definition) is 2. The van der Waals surface area contributed by atoms with Crippen molar-refractivity contribution in [2.75, 3.05) is 23.7 Å². The average Bonchev–Trinajstić information content (AvgIpc) is 3.96. The fourth-order valence-corrected chi connectivity index (χ4v) is 7.68. The number of likely N-dealkylation sites (tertiary alicyclic amines) is 2. The Morgan fingerprint density at radius 1 is 0.636 bits per heavy atom. The molecule has 7 rings (SSSR count). The first-order chi connectivity index (χ1) is 26.5. The minimum Gasteiger partial charge on any atom is -0.436 e. The number of benzene rings is 4. The number of aryl methyl sites for hydroxylation is 4. The maximum atomic E-state index is 13.4. The van der Waals surface area contributed by atoms with Crippen molar-refractivity contribution in [2.45, 2.75) is 78.3 Å². The lowest BCUT2D eigenvalue weighted by Gasteiger charge is -2.25. The number of anilines is 2. The highest BCUT2D eigenvalue weighted by Crippen LogP contribution is 2.30. The molecule has 2 aliphatic heterocycles. The van der Waals surface area contributed by atoms with Crippen molar-refractivity contribution >= 4 is 35.0 Å². The highest BCUT2D eigenvalue weighted by Gasteiger charge is 2.33. The summed E-state index contributed by atoms with van der Waals surface area (Å²) < 4.78 is 6.09. The smallest absolute Gasteiger partial charge is 0.254 e. The molecule has 2 aliphatic rings. The van der Waals surface area contributed by atoms with E-state index < -0.39 is 0 Å². The van der Waals surface area contributed by atoms with Gasteiger partial charge < -0.3 is 24.9 Å². The van der Waals surface area contributed by atoms with Crippen molar-refractivity contribution in [1.29, 1.82) is 0 Å². The number of aromatic nitrogens is 1. The van der Waals surface area contributed by atoms with E-state index in [4.69, 9.17) is 4.42 Å². The van der Waals surface area contributed by atoms with E-state index in [1.807, 2.05) is 122 Å². The van der Waals surface area contributed by atoms with E-state index in [1.54, 1.807) is 6.20 Å². The highest BCUT2D eigenvalue weighted by atomic mass is 16.4. The van der Waals surface area contributed by atoms with Crippen molar-refractivity contribution in [2.24, 2.45) is 0 Å². The van der Waals surface area contributed by atoms with Crippen LogP contribution in [0.1, 0.15) is 81.5 Å². The number of nitrogens with zero attached hydrogens (tertiary/aromatic N) is 3. The number of hydrogen-bond acceptors (Lipinski definition) is 6. The molecule has 0 spiro atoms. The van der Waals surface area contributed by atoms with Gasteiger partial charge >= 0.3 is 0 Å². The Morgan fingerprint density at radius 3 is 1.56 bits per heavy atom. The lowest BCUT2D eigenvalue weighted by molar-refractivity contribution is -0.117. The van der Waals surface area contributed by atoms with Crippen LogP contribution >= 0.6 is 0 Å². The summed E-state index contributed by atoms with van der Waals surface area (Å²) in [6.07, 6.45) is 5.48. The molecule has 0 aliphatic carbocycles. The Kier molecular flexibility index (Phi) is 10.9. The monoisotopic (exact) mass is 737 g/mol. The van der Waals surface area contributed by atoms with Gasteiger partial charge in [-0.3, -0.25) is 19.2 Å². The Morgan fingerprint density at radius 2 is 1.09 bits per heavy atom. The van der Waals surface area contributed by atoms with Crippen LogP contribution in [0.15, 0.2) is 95.5 Å². The minimum absolute atomic E-state index is 0.0132. The van der Waals surface area contributed by atoms with Gasteiger partial charge in [-0.2, -0.15) is 0 Å². The van der Waals surface area contributed by atoms with Crippen LogP contribution in [0, 0.1) is 27.7 Å². The molecular formula is C45H47N5O5. The molecule has 4 amide bonds. The molecule has 282 valence electrons. The van der Waals surface area contributed by atoms with E-state index >= 15 is 0 Å². The van der Waals surface area contributed by atoms with Gasteiger partial charge in [0.15, 0.2) is 5.76 Å². The SMILES string of the molecule is Cc1ccc(C)c(C(=O)N2CCC[C@H]2CC(=O)Nc2ccc(-c3cnc(-c4ccc(NC(=O)C[C@@H]5CCCN5C(=O)c5cc(C)ccc5C)cc4)o3)cc2)c1. The Balaban J connectivity index is 0.911. The van der Waals surface area contributed by atoms with E-state index in [-0.39, 0.29) is 48.6 Å². The van der Waals surface area contributed by atoms with Gasteiger partial charge in [0.1, 0.15) is 0 Å². The maximum Gasteiger partial charge on any atom is 0.254 e. The van der Waals surface area contributed by atoms with Gasteiger partial charge in [0.25, 0.3) is 11.8 Å². The van der Waals surface area contributed by atoms with Gasteiger partial charge in [0.2, 0.25) is 17.7 Å². The summed E-state index contributed by atoms with van der Waals surface area (Å²) in [4.78, 5) is 61.0. The predicted octanol–water partition coefficient (Wildman–Crippen LogP) is 8.51. The van der Waals surface area contributed by atoms with Gasteiger partial charge in [0, 0.05) is 71.6 Å². The number of nitrogens with one attached hydrogen (secondary N) is 2. The molecular weight excluding hydrogens is 691 g/mol. The quantitative estimate of drug-likeness (QED) is 0.148. The zero-order valence-electron chi connectivity index (χ0n) is 31.9. The molecule has 0 bridgehead atoms. The first-order valence-electron chi connectivity index (χ1n) is 19.1. The third-order valence-corrected chi connectivity index (χ3v) is 10.7. The number of oxazole rings is 1. The van der Waals surface area contributed by atoms with Crippen molar-refractivity contribution in [3.63, 3.8) is 0 Å². The molecule has 2 atom stereocenters. The summed E-state index contributed by atoms with van der Waals surface area (Å²) in [6, 6.07) is 26.2. The standard InChI is InChI=1S/C45H47N5O5/c1-28-9-11-30(3)38(23-28)44(53)49-21-5-7-36(49)25-41(51)47-34-17-13-32(14-18-34)40-27-46-43(55-40)33-15-19-35(20-16-33)48-42(52)26-37-8-6-22-50(37)45(54)39-24-29(2)10-12-31(39)4/h9-20,23-24,27,36-37H,5-8,21-22,25-26H2,1-4H3,(H,47,51)(H,48,52)/t36-,37-/m0/s1. The van der Waals surface area contributed by atoms with Crippen molar-refractivity contribution < 1.29 is 23.6 Å². The molecule has 4 aromatic carbocycles. The molecule has 0 unspecified atom stereocenters. The van der Waals surface area contributed by atoms with Crippen LogP contribution in [-0.4, -0.2) is 63.6 Å². The summed E-state index contributed by atoms with van der Waals surface area (Å²) in [7, 11) is 0. The summed E-state index contributed by atoms with van der Waals surface area (Å²) in [6.45, 7) is 9.14. The van der Waals surface area contributed by atoms with E-state index in [9.17, 15) is 19.2 Å². The Hall–Kier alpha value is -6.03. The fourth-order valence-electron chi connectivity index (χ4n) is 7.68. The van der Waals surface area contributed by atoms with Gasteiger partial charge in [-0.15, -0.1) is 0 Å². The molecule has 2 fully saturated rings. The third kappa shape index (κ3) is 8.54. The van der Waals surface area contributed by atoms with E-state index in [0.29, 0.717) is 47.2 Å². The zero-order chi connectivity index (χ0) is 38.6. The number of amides is 4. The molecule has 55 heavy (non-hydrogen) atoms. The molecule has 10 heteroatoms. The van der Waals surface area contributed by atoms with Crippen molar-refractivity contribution in [3.05, 3.63) is 125 Å². The Bertz CT molecular complexity index is 2070. The molecule has 0 radical (unpaired) electrons. The molecule has 10 nitrogen and oxygen atoms in total. The first-order valence-corrected chi connectivity index (χ1v) is 19.1. The second-order valence-corrected chi connectivity index (χ2v) is 14.9. The molecule has 1 aromatic heterocycles. The van der Waals surface area contributed by atoms with Crippen LogP contribution in [0.4, 0.5) is 11.4 Å². The first kappa shape index (κ1) is 37.3. The summed E-state index contributed by atoms with van der Waals surface area (Å²) in [5, 5.41) is 5.96. The molecule has 2 N–H and O–H groups in total. The van der Waals surface area contributed by atoms with Gasteiger partial charge in [-0.1, -0.05) is 35.4 Å². The van der Waals surface area contributed by atoms with Gasteiger partial charge in [-0.25, -0.2) is 4.98 Å². The number of carbonyl (C=O) groups is 4. The van der Waals surface area contributed by atoms with Crippen molar-refractivity contribution in [3.8, 4) is 22.8 Å². The van der Waals surface area contributed by atoms with Crippen LogP contribution in [0.2, 0.25) is 0 Å². The molecule has 0 saturated carbocycles. The van der Waals surface area contributed by atoms with Crippen LogP contribution in [-0.2, 0) is 9.59 Å². The molecule has 2 saturated heterocycles. The number of carbonyl (C=O) groups excluding carboxylic acids is 4. The van der Waals surface area contributed by atoms with E-state index in [0.717, 1.165) is 59.1 Å². The normalized spacial score (nSPS) is 16.7. The second-order valence-electron chi connectivity index (χ2n) is 14.9. The van der Waals surface area contributed by atoms with E-state index in [2.05, 4.69) is 15.6 Å². The zero-order valence-corrected chi connectivity index (χ0v) is 31.9. The van der Waals surface area contributed by atoms with Crippen LogP contribution in [0.25, 0.3) is 22.8 Å². The molecule has 3 heterocycles. The summed E-state index contributed by atoms with van der Waals surface area (Å²) in [5.41, 5.74) is 8.22. The lowest BCUT2D eigenvalue weighted by atomic mass is 10.0. The van der Waals surface area contributed by atoms with Crippen molar-refractivity contribution in [1.82, 2.24) is 14.8 Å². The number of rotatable bonds is 10. The molecule has 5 aromatic rings. The minimum atomic E-state index is -0.142. The second kappa shape index (κ2) is 16.1. The maximum absolute atomic E-state index is 13.4. The highest BCUT2D eigenvalue weighted by molar-refractivity contribution is 5.98. The topological polar surface area (TPSA) is 125 Å². The largest absolute Gasteiger partial charge is 0.436 e. The van der Waals surface area contributed by atoms with Crippen LogP contribution in [0.5, 0.6) is 0 Å². The predicted molar refractivity (Wildman–Crippen MR) is 214 cm³/mol. The van der Waals surface area contributed by atoms with E-state index in [1.165, 1.54) is 0 Å². The Labute approximate surface area is 321 Å². The fraction of sp³-hybridized carbons (Fsp3) is 0.311. The lowest BCUT2D eigenvalue weighted by Crippen LogP contribution is -2.38. The summed E-state index contributed by atoms with van der Waals surface area (Å²) >= 11 is 0. The average molecular weight is 738 g/mol. The third-order valence-electron chi connectivity index (χ3n) is 10.7.